The minimum atomic E-state index is 0.0251. The molecule has 0 saturated carbocycles. The lowest BCUT2D eigenvalue weighted by Crippen LogP contribution is -2.28. The summed E-state index contributed by atoms with van der Waals surface area (Å²) < 4.78 is 10.4. The van der Waals surface area contributed by atoms with Crippen LogP contribution < -0.4 is 9.47 Å². The topological polar surface area (TPSA) is 63.5 Å². The Bertz CT molecular complexity index is 834. The van der Waals surface area contributed by atoms with Gasteiger partial charge in [0.05, 0.1) is 32.7 Å². The van der Waals surface area contributed by atoms with Crippen molar-refractivity contribution in [3.63, 3.8) is 0 Å². The van der Waals surface area contributed by atoms with Crippen molar-refractivity contribution in [1.29, 1.82) is 0 Å². The molecule has 2 aromatic carbocycles. The van der Waals surface area contributed by atoms with E-state index < -0.39 is 0 Å². The molecule has 134 valence electrons. The molecule has 2 aromatic rings. The number of benzene rings is 2. The first-order valence-corrected chi connectivity index (χ1v) is 9.00. The lowest BCUT2D eigenvalue weighted by Gasteiger charge is -2.15. The van der Waals surface area contributed by atoms with Crippen LogP contribution in [0.15, 0.2) is 58.7 Å². The fourth-order valence-corrected chi connectivity index (χ4v) is 3.29. The van der Waals surface area contributed by atoms with Crippen molar-refractivity contribution < 1.29 is 14.3 Å². The zero-order chi connectivity index (χ0) is 18.4. The molecule has 7 heteroatoms. The predicted molar refractivity (Wildman–Crippen MR) is 104 cm³/mol. The molecular weight excluding hydrogens is 350 g/mol. The normalized spacial score (nSPS) is 15.8. The van der Waals surface area contributed by atoms with Gasteiger partial charge in [0.15, 0.2) is 5.17 Å². The molecule has 0 bridgehead atoms. The van der Waals surface area contributed by atoms with Crippen LogP contribution in [0.3, 0.4) is 0 Å². The van der Waals surface area contributed by atoms with Gasteiger partial charge in [0.25, 0.3) is 0 Å². The molecule has 1 fully saturated rings. The zero-order valence-corrected chi connectivity index (χ0v) is 15.4. The fourth-order valence-electron chi connectivity index (χ4n) is 2.45. The average molecular weight is 369 g/mol. The number of hydrogen-bond acceptors (Lipinski definition) is 6. The van der Waals surface area contributed by atoms with Gasteiger partial charge in [-0.25, -0.2) is 0 Å². The quantitative estimate of drug-likeness (QED) is 0.580. The van der Waals surface area contributed by atoms with E-state index >= 15 is 0 Å². The number of thioether (sulfide) groups is 1. The van der Waals surface area contributed by atoms with Gasteiger partial charge in [-0.05, 0) is 29.8 Å². The summed E-state index contributed by atoms with van der Waals surface area (Å²) in [5, 5.41) is 8.96. The van der Waals surface area contributed by atoms with E-state index in [1.807, 2.05) is 48.5 Å². The van der Waals surface area contributed by atoms with Crippen molar-refractivity contribution in [2.75, 3.05) is 20.0 Å². The number of amides is 1. The zero-order valence-electron chi connectivity index (χ0n) is 14.6. The number of para-hydroxylation sites is 1. The minimum Gasteiger partial charge on any atom is -0.497 e. The molecule has 0 unspecified atom stereocenters. The van der Waals surface area contributed by atoms with Crippen LogP contribution in [0.25, 0.3) is 0 Å². The molecule has 0 spiro atoms. The van der Waals surface area contributed by atoms with Gasteiger partial charge in [0.2, 0.25) is 5.91 Å². The monoisotopic (exact) mass is 369 g/mol. The highest BCUT2D eigenvalue weighted by Crippen LogP contribution is 2.23. The average Bonchev–Trinajstić information content (AvgIpc) is 3.02. The molecule has 1 amide bonds. The Morgan fingerprint density at radius 2 is 1.88 bits per heavy atom. The van der Waals surface area contributed by atoms with Crippen LogP contribution in [0.5, 0.6) is 11.5 Å². The maximum atomic E-state index is 12.2. The summed E-state index contributed by atoms with van der Waals surface area (Å²) in [6.07, 6.45) is 1.63. The Hall–Kier alpha value is -2.80. The first-order chi connectivity index (χ1) is 12.7. The Balaban J connectivity index is 1.74. The van der Waals surface area contributed by atoms with E-state index in [1.165, 1.54) is 11.8 Å². The van der Waals surface area contributed by atoms with Crippen LogP contribution in [-0.4, -0.2) is 42.2 Å². The van der Waals surface area contributed by atoms with Crippen LogP contribution in [0, 0.1) is 0 Å². The number of amidine groups is 1. The van der Waals surface area contributed by atoms with Crippen molar-refractivity contribution in [2.45, 2.75) is 6.54 Å². The van der Waals surface area contributed by atoms with E-state index in [4.69, 9.17) is 9.47 Å². The second kappa shape index (κ2) is 8.53. The van der Waals surface area contributed by atoms with Crippen molar-refractivity contribution in [3.8, 4) is 11.5 Å². The second-order valence-electron chi connectivity index (χ2n) is 5.49. The lowest BCUT2D eigenvalue weighted by atomic mass is 10.2. The van der Waals surface area contributed by atoms with Gasteiger partial charge >= 0.3 is 0 Å². The number of ether oxygens (including phenoxy) is 2. The van der Waals surface area contributed by atoms with Gasteiger partial charge in [0, 0.05) is 5.56 Å². The van der Waals surface area contributed by atoms with Gasteiger partial charge in [-0.3, -0.25) is 9.69 Å². The van der Waals surface area contributed by atoms with Crippen LogP contribution in [0.2, 0.25) is 0 Å². The summed E-state index contributed by atoms with van der Waals surface area (Å²) >= 11 is 1.39. The highest BCUT2D eigenvalue weighted by molar-refractivity contribution is 8.15. The largest absolute Gasteiger partial charge is 0.497 e. The smallest absolute Gasteiger partial charge is 0.239 e. The van der Waals surface area contributed by atoms with Crippen LogP contribution in [-0.2, 0) is 11.3 Å². The molecule has 1 aliphatic heterocycles. The van der Waals surface area contributed by atoms with Crippen LogP contribution in [0.4, 0.5) is 0 Å². The highest BCUT2D eigenvalue weighted by atomic mass is 32.2. The molecule has 26 heavy (non-hydrogen) atoms. The molecule has 0 aromatic heterocycles. The molecule has 3 rings (SSSR count). The molecule has 0 atom stereocenters. The summed E-state index contributed by atoms with van der Waals surface area (Å²) in [5.74, 6) is 1.91. The Morgan fingerprint density at radius 3 is 2.62 bits per heavy atom. The maximum Gasteiger partial charge on any atom is 0.239 e. The third-order valence-electron chi connectivity index (χ3n) is 3.84. The van der Waals surface area contributed by atoms with Crippen molar-refractivity contribution >= 4 is 29.1 Å². The molecule has 1 heterocycles. The van der Waals surface area contributed by atoms with Gasteiger partial charge in [-0.2, -0.15) is 5.10 Å². The minimum absolute atomic E-state index is 0.0251. The van der Waals surface area contributed by atoms with Crippen molar-refractivity contribution in [2.24, 2.45) is 10.2 Å². The van der Waals surface area contributed by atoms with E-state index in [9.17, 15) is 4.79 Å². The first kappa shape index (κ1) is 18.0. The summed E-state index contributed by atoms with van der Waals surface area (Å²) in [6.45, 7) is 0.457. The Kier molecular flexibility index (Phi) is 5.91. The predicted octanol–water partition coefficient (Wildman–Crippen LogP) is 3.17. The number of hydrogen-bond donors (Lipinski definition) is 0. The van der Waals surface area contributed by atoms with Gasteiger partial charge in [-0.15, -0.1) is 5.10 Å². The van der Waals surface area contributed by atoms with Crippen LogP contribution in [0.1, 0.15) is 11.1 Å². The molecule has 1 saturated heterocycles. The first-order valence-electron chi connectivity index (χ1n) is 8.01. The number of methoxy groups -OCH3 is 2. The third-order valence-corrected chi connectivity index (χ3v) is 4.79. The van der Waals surface area contributed by atoms with E-state index in [0.29, 0.717) is 17.5 Å². The molecular formula is C19H19N3O3S. The molecule has 0 radical (unpaired) electrons. The Labute approximate surface area is 156 Å². The summed E-state index contributed by atoms with van der Waals surface area (Å²) in [7, 11) is 3.24. The highest BCUT2D eigenvalue weighted by Gasteiger charge is 2.28. The standard InChI is InChI=1S/C19H19N3O3S/c1-24-16-9-7-14(8-10-16)12-22-18(23)13-26-19(22)21-20-11-15-5-3-4-6-17(15)25-2/h3-11H,12-13H2,1-2H3/b20-11+,21-19+. The summed E-state index contributed by atoms with van der Waals surface area (Å²) in [5.41, 5.74) is 1.83. The summed E-state index contributed by atoms with van der Waals surface area (Å²) in [6, 6.07) is 15.2. The fraction of sp³-hybridized carbons (Fsp3) is 0.211. The number of carbonyl (C=O) groups excluding carboxylic acids is 1. The number of rotatable bonds is 6. The maximum absolute atomic E-state index is 12.2. The van der Waals surface area contributed by atoms with Gasteiger partial charge < -0.3 is 9.47 Å². The second-order valence-corrected chi connectivity index (χ2v) is 6.43. The van der Waals surface area contributed by atoms with Gasteiger partial charge in [-0.1, -0.05) is 36.0 Å². The van der Waals surface area contributed by atoms with Crippen molar-refractivity contribution in [3.05, 3.63) is 59.7 Å². The Morgan fingerprint density at radius 1 is 1.12 bits per heavy atom. The SMILES string of the molecule is COc1ccc(CN2C(=O)CS/C2=N/N=C/c2ccccc2OC)cc1. The van der Waals surface area contributed by atoms with Gasteiger partial charge in [0.1, 0.15) is 11.5 Å². The van der Waals surface area contributed by atoms with E-state index in [0.717, 1.165) is 22.6 Å². The van der Waals surface area contributed by atoms with E-state index in [1.54, 1.807) is 25.3 Å². The van der Waals surface area contributed by atoms with E-state index in [2.05, 4.69) is 10.2 Å². The number of carbonyl (C=O) groups is 1. The van der Waals surface area contributed by atoms with E-state index in [-0.39, 0.29) is 5.91 Å². The van der Waals surface area contributed by atoms with Crippen LogP contribution >= 0.6 is 11.8 Å². The molecule has 0 aliphatic carbocycles. The molecule has 6 nitrogen and oxygen atoms in total. The number of nitrogens with zero attached hydrogens (tertiary/aromatic N) is 3. The lowest BCUT2D eigenvalue weighted by molar-refractivity contribution is -0.124. The molecule has 1 aliphatic rings. The molecule has 0 N–H and O–H groups in total. The van der Waals surface area contributed by atoms with Crippen molar-refractivity contribution in [1.82, 2.24) is 4.90 Å². The third kappa shape index (κ3) is 4.23. The summed E-state index contributed by atoms with van der Waals surface area (Å²) in [4.78, 5) is 13.8.